The van der Waals surface area contributed by atoms with Gasteiger partial charge < -0.3 is 20.1 Å². The van der Waals surface area contributed by atoms with Crippen molar-refractivity contribution in [2.75, 3.05) is 0 Å². The molecule has 0 unspecified atom stereocenters. The van der Waals surface area contributed by atoms with Crippen molar-refractivity contribution in [1.82, 2.24) is 0 Å². The Bertz CT molecular complexity index is 963. The summed E-state index contributed by atoms with van der Waals surface area (Å²) in [5, 5.41) is 28.8. The van der Waals surface area contributed by atoms with Crippen LogP contribution in [0.5, 0.6) is 28.7 Å². The van der Waals surface area contributed by atoms with Gasteiger partial charge in [-0.2, -0.15) is 0 Å². The normalized spacial score (nSPS) is 10.9. The summed E-state index contributed by atoms with van der Waals surface area (Å²) in [6.07, 6.45) is 2.80. The zero-order chi connectivity index (χ0) is 19.4. The molecule has 0 aromatic heterocycles. The predicted octanol–water partition coefficient (Wildman–Crippen LogP) is 4.80. The van der Waals surface area contributed by atoms with Crippen LogP contribution >= 0.6 is 0 Å². The molecule has 0 aliphatic rings. The fourth-order valence-corrected chi connectivity index (χ4v) is 2.49. The van der Waals surface area contributed by atoms with Gasteiger partial charge in [0.2, 0.25) is 0 Å². The van der Waals surface area contributed by atoms with E-state index in [1.807, 2.05) is 31.2 Å². The van der Waals surface area contributed by atoms with Gasteiger partial charge in [0.25, 0.3) is 0 Å². The topological polar surface area (TPSA) is 87.0 Å². The van der Waals surface area contributed by atoms with Crippen LogP contribution in [0.4, 0.5) is 0 Å². The molecule has 136 valence electrons. The molecule has 0 fully saturated rings. The lowest BCUT2D eigenvalue weighted by atomic mass is 10.1. The highest BCUT2D eigenvalue weighted by atomic mass is 16.5. The Balaban J connectivity index is 1.71. The average molecular weight is 362 g/mol. The average Bonchev–Trinajstić information content (AvgIpc) is 2.62. The monoisotopic (exact) mass is 362 g/mol. The standard InChI is InChI=1S/C22H18O5/c1-14-2-7-17(8-3-14)27-18-9-4-15(5-10-18)6-11-19(24)22-20(25)12-16(23)13-21(22)26/h2-13,23,25-26H,1H3/b11-6+. The number of aryl methyl sites for hydroxylation is 1. The number of phenolic OH excluding ortho intramolecular Hbond substituents is 3. The number of hydrogen-bond acceptors (Lipinski definition) is 5. The quantitative estimate of drug-likeness (QED) is 0.448. The van der Waals surface area contributed by atoms with Crippen LogP contribution in [0.25, 0.3) is 6.08 Å². The molecule has 3 N–H and O–H groups in total. The lowest BCUT2D eigenvalue weighted by Gasteiger charge is -2.06. The van der Waals surface area contributed by atoms with E-state index in [1.54, 1.807) is 30.3 Å². The van der Waals surface area contributed by atoms with Crippen molar-refractivity contribution in [3.63, 3.8) is 0 Å². The molecule has 0 saturated heterocycles. The van der Waals surface area contributed by atoms with E-state index in [0.29, 0.717) is 5.75 Å². The molecular formula is C22H18O5. The van der Waals surface area contributed by atoms with Crippen LogP contribution in [0, 0.1) is 6.92 Å². The molecule has 0 atom stereocenters. The third-order valence-electron chi connectivity index (χ3n) is 3.89. The van der Waals surface area contributed by atoms with Crippen LogP contribution in [0.1, 0.15) is 21.5 Å². The Labute approximate surface area is 156 Å². The Morgan fingerprint density at radius 2 is 1.37 bits per heavy atom. The van der Waals surface area contributed by atoms with E-state index in [4.69, 9.17) is 4.74 Å². The molecule has 0 radical (unpaired) electrons. The van der Waals surface area contributed by atoms with E-state index >= 15 is 0 Å². The molecule has 5 heteroatoms. The van der Waals surface area contributed by atoms with Gasteiger partial charge >= 0.3 is 0 Å². The molecular weight excluding hydrogens is 344 g/mol. The number of phenols is 3. The second-order valence-electron chi connectivity index (χ2n) is 6.04. The highest BCUT2D eigenvalue weighted by Crippen LogP contribution is 2.32. The highest BCUT2D eigenvalue weighted by molar-refractivity contribution is 6.10. The molecule has 0 bridgehead atoms. The number of rotatable bonds is 5. The second-order valence-corrected chi connectivity index (χ2v) is 6.04. The Hall–Kier alpha value is -3.73. The maximum atomic E-state index is 12.2. The van der Waals surface area contributed by atoms with Gasteiger partial charge in [0.1, 0.15) is 34.3 Å². The summed E-state index contributed by atoms with van der Waals surface area (Å²) >= 11 is 0. The summed E-state index contributed by atoms with van der Waals surface area (Å²) in [7, 11) is 0. The lowest BCUT2D eigenvalue weighted by Crippen LogP contribution is -1.95. The van der Waals surface area contributed by atoms with Crippen LogP contribution in [-0.2, 0) is 0 Å². The zero-order valence-corrected chi connectivity index (χ0v) is 14.6. The first-order valence-corrected chi connectivity index (χ1v) is 8.24. The van der Waals surface area contributed by atoms with E-state index in [0.717, 1.165) is 29.0 Å². The van der Waals surface area contributed by atoms with Crippen molar-refractivity contribution < 1.29 is 24.9 Å². The molecule has 3 rings (SSSR count). The van der Waals surface area contributed by atoms with Crippen molar-refractivity contribution in [3.8, 4) is 28.7 Å². The van der Waals surface area contributed by atoms with Crippen molar-refractivity contribution in [2.24, 2.45) is 0 Å². The predicted molar refractivity (Wildman–Crippen MR) is 102 cm³/mol. The maximum Gasteiger partial charge on any atom is 0.193 e. The smallest absolute Gasteiger partial charge is 0.193 e. The van der Waals surface area contributed by atoms with Gasteiger partial charge in [-0.05, 0) is 42.8 Å². The zero-order valence-electron chi connectivity index (χ0n) is 14.6. The van der Waals surface area contributed by atoms with Gasteiger partial charge in [0.15, 0.2) is 5.78 Å². The number of ketones is 1. The van der Waals surface area contributed by atoms with Gasteiger partial charge in [0.05, 0.1) is 0 Å². The number of hydrogen-bond donors (Lipinski definition) is 3. The van der Waals surface area contributed by atoms with Crippen LogP contribution in [0.3, 0.4) is 0 Å². The Morgan fingerprint density at radius 1 is 0.852 bits per heavy atom. The first kappa shape index (κ1) is 18.1. The number of benzene rings is 3. The van der Waals surface area contributed by atoms with E-state index in [9.17, 15) is 20.1 Å². The van der Waals surface area contributed by atoms with E-state index < -0.39 is 17.3 Å². The third kappa shape index (κ3) is 4.46. The summed E-state index contributed by atoms with van der Waals surface area (Å²) in [5.74, 6) is -0.471. The molecule has 3 aromatic carbocycles. The van der Waals surface area contributed by atoms with Crippen LogP contribution < -0.4 is 4.74 Å². The fraction of sp³-hybridized carbons (Fsp3) is 0.0455. The molecule has 5 nitrogen and oxygen atoms in total. The Morgan fingerprint density at radius 3 is 1.93 bits per heavy atom. The Kier molecular flexibility index (Phi) is 5.13. The summed E-state index contributed by atoms with van der Waals surface area (Å²) in [6.45, 7) is 2.00. The van der Waals surface area contributed by atoms with Crippen molar-refractivity contribution >= 4 is 11.9 Å². The van der Waals surface area contributed by atoms with Gasteiger partial charge in [-0.15, -0.1) is 0 Å². The number of ether oxygens (including phenoxy) is 1. The molecule has 0 saturated carbocycles. The molecule has 0 heterocycles. The van der Waals surface area contributed by atoms with E-state index in [2.05, 4.69) is 0 Å². The number of allylic oxidation sites excluding steroid dienone is 1. The first-order chi connectivity index (χ1) is 12.9. The molecule has 0 spiro atoms. The summed E-state index contributed by atoms with van der Waals surface area (Å²) in [5.41, 5.74) is 1.64. The molecule has 0 aliphatic heterocycles. The van der Waals surface area contributed by atoms with E-state index in [-0.39, 0.29) is 11.3 Å². The van der Waals surface area contributed by atoms with Gasteiger partial charge in [0, 0.05) is 12.1 Å². The second kappa shape index (κ2) is 7.66. The molecule has 0 aliphatic carbocycles. The number of aromatic hydroxyl groups is 3. The highest BCUT2D eigenvalue weighted by Gasteiger charge is 2.15. The minimum atomic E-state index is -0.579. The molecule has 3 aromatic rings. The van der Waals surface area contributed by atoms with Gasteiger partial charge in [-0.1, -0.05) is 35.9 Å². The van der Waals surface area contributed by atoms with Crippen molar-refractivity contribution in [3.05, 3.63) is 83.4 Å². The third-order valence-corrected chi connectivity index (χ3v) is 3.89. The largest absolute Gasteiger partial charge is 0.508 e. The van der Waals surface area contributed by atoms with Crippen LogP contribution in [0.15, 0.2) is 66.7 Å². The van der Waals surface area contributed by atoms with Crippen molar-refractivity contribution in [1.29, 1.82) is 0 Å². The number of carbonyl (C=O) groups excluding carboxylic acids is 1. The first-order valence-electron chi connectivity index (χ1n) is 8.24. The SMILES string of the molecule is Cc1ccc(Oc2ccc(/C=C/C(=O)c3c(O)cc(O)cc3O)cc2)cc1. The van der Waals surface area contributed by atoms with Gasteiger partial charge in [-0.3, -0.25) is 4.79 Å². The summed E-state index contributed by atoms with van der Waals surface area (Å²) in [6, 6.07) is 16.8. The van der Waals surface area contributed by atoms with Crippen LogP contribution in [0.2, 0.25) is 0 Å². The molecule has 27 heavy (non-hydrogen) atoms. The summed E-state index contributed by atoms with van der Waals surface area (Å²) < 4.78 is 5.75. The number of carbonyl (C=O) groups is 1. The minimum absolute atomic E-state index is 0.261. The van der Waals surface area contributed by atoms with Crippen molar-refractivity contribution in [2.45, 2.75) is 6.92 Å². The minimum Gasteiger partial charge on any atom is -0.508 e. The molecule has 0 amide bonds. The lowest BCUT2D eigenvalue weighted by molar-refractivity contribution is 0.104. The van der Waals surface area contributed by atoms with Gasteiger partial charge in [-0.25, -0.2) is 0 Å². The van der Waals surface area contributed by atoms with Crippen LogP contribution in [-0.4, -0.2) is 21.1 Å². The van der Waals surface area contributed by atoms with E-state index in [1.165, 1.54) is 6.08 Å². The summed E-state index contributed by atoms with van der Waals surface area (Å²) in [4.78, 5) is 12.2. The fourth-order valence-electron chi connectivity index (χ4n) is 2.49. The maximum absolute atomic E-state index is 12.2.